The number of hydrogen-bond acceptors (Lipinski definition) is 3. The molecule has 1 aliphatic rings. The molecule has 0 spiro atoms. The van der Waals surface area contributed by atoms with E-state index in [1.54, 1.807) is 24.0 Å². The fourth-order valence-electron chi connectivity index (χ4n) is 2.44. The number of piperidine rings is 1. The van der Waals surface area contributed by atoms with E-state index in [-0.39, 0.29) is 18.2 Å². The van der Waals surface area contributed by atoms with Crippen LogP contribution in [0.2, 0.25) is 5.02 Å². The van der Waals surface area contributed by atoms with Gasteiger partial charge in [-0.2, -0.15) is 0 Å². The maximum Gasteiger partial charge on any atom is 0.409 e. The summed E-state index contributed by atoms with van der Waals surface area (Å²) >= 11 is 5.82. The Kier molecular flexibility index (Phi) is 6.52. The average Bonchev–Trinajstić information content (AvgIpc) is 2.55. The maximum atomic E-state index is 11.9. The smallest absolute Gasteiger partial charge is 0.409 e. The molecule has 0 atom stereocenters. The van der Waals surface area contributed by atoms with Crippen molar-refractivity contribution >= 4 is 23.7 Å². The SMILES string of the molecule is CCOC(=O)N1CCC(NC(=O)NCc2ccc(Cl)cc2)CC1. The van der Waals surface area contributed by atoms with Crippen molar-refractivity contribution in [3.8, 4) is 0 Å². The van der Waals surface area contributed by atoms with Crippen LogP contribution in [-0.4, -0.2) is 42.8 Å². The van der Waals surface area contributed by atoms with E-state index >= 15 is 0 Å². The Hall–Kier alpha value is -1.95. The monoisotopic (exact) mass is 339 g/mol. The summed E-state index contributed by atoms with van der Waals surface area (Å²) < 4.78 is 4.97. The lowest BCUT2D eigenvalue weighted by Gasteiger charge is -2.31. The Morgan fingerprint density at radius 2 is 1.91 bits per heavy atom. The Morgan fingerprint density at radius 3 is 2.52 bits per heavy atom. The molecule has 2 N–H and O–H groups in total. The Labute approximate surface area is 141 Å². The zero-order valence-electron chi connectivity index (χ0n) is 13.2. The Morgan fingerprint density at radius 1 is 1.26 bits per heavy atom. The first-order chi connectivity index (χ1) is 11.1. The molecule has 7 heteroatoms. The molecule has 0 radical (unpaired) electrons. The number of nitrogens with one attached hydrogen (secondary N) is 2. The van der Waals surface area contributed by atoms with Crippen molar-refractivity contribution in [3.63, 3.8) is 0 Å². The lowest BCUT2D eigenvalue weighted by Crippen LogP contribution is -2.49. The number of carbonyl (C=O) groups is 2. The minimum absolute atomic E-state index is 0.0749. The second kappa shape index (κ2) is 8.62. The summed E-state index contributed by atoms with van der Waals surface area (Å²) in [6, 6.07) is 7.21. The molecular formula is C16H22ClN3O3. The van der Waals surface area contributed by atoms with Crippen molar-refractivity contribution in [2.45, 2.75) is 32.4 Å². The standard InChI is InChI=1S/C16H22ClN3O3/c1-2-23-16(22)20-9-7-14(8-10-20)19-15(21)18-11-12-3-5-13(17)6-4-12/h3-6,14H,2,7-11H2,1H3,(H2,18,19,21). The third kappa shape index (κ3) is 5.63. The molecule has 0 saturated carbocycles. The van der Waals surface area contributed by atoms with Crippen LogP contribution in [0, 0.1) is 0 Å². The highest BCUT2D eigenvalue weighted by Crippen LogP contribution is 2.12. The molecule has 1 fully saturated rings. The zero-order chi connectivity index (χ0) is 16.7. The van der Waals surface area contributed by atoms with Crippen molar-refractivity contribution in [3.05, 3.63) is 34.9 Å². The number of halogens is 1. The van der Waals surface area contributed by atoms with Gasteiger partial charge >= 0.3 is 12.1 Å². The number of ether oxygens (including phenoxy) is 1. The van der Waals surface area contributed by atoms with E-state index in [0.717, 1.165) is 18.4 Å². The first-order valence-corrected chi connectivity index (χ1v) is 8.16. The maximum absolute atomic E-state index is 11.9. The van der Waals surface area contributed by atoms with Crippen molar-refractivity contribution in [2.24, 2.45) is 0 Å². The lowest BCUT2D eigenvalue weighted by molar-refractivity contribution is 0.0957. The zero-order valence-corrected chi connectivity index (χ0v) is 13.9. The number of nitrogens with zero attached hydrogens (tertiary/aromatic N) is 1. The van der Waals surface area contributed by atoms with Gasteiger partial charge in [-0.3, -0.25) is 0 Å². The molecule has 1 aliphatic heterocycles. The van der Waals surface area contributed by atoms with Gasteiger partial charge in [-0.1, -0.05) is 23.7 Å². The number of likely N-dealkylation sites (tertiary alicyclic amines) is 1. The Bertz CT molecular complexity index is 528. The average molecular weight is 340 g/mol. The number of carbonyl (C=O) groups excluding carboxylic acids is 2. The fourth-order valence-corrected chi connectivity index (χ4v) is 2.57. The van der Waals surface area contributed by atoms with Gasteiger partial charge in [0.05, 0.1) is 6.61 Å². The van der Waals surface area contributed by atoms with E-state index < -0.39 is 0 Å². The van der Waals surface area contributed by atoms with Crippen molar-refractivity contribution in [2.75, 3.05) is 19.7 Å². The molecule has 2 rings (SSSR count). The van der Waals surface area contributed by atoms with Gasteiger partial charge in [-0.05, 0) is 37.5 Å². The first-order valence-electron chi connectivity index (χ1n) is 7.79. The Balaban J connectivity index is 1.68. The highest BCUT2D eigenvalue weighted by Gasteiger charge is 2.24. The van der Waals surface area contributed by atoms with Crippen molar-refractivity contribution in [1.29, 1.82) is 0 Å². The van der Waals surface area contributed by atoms with Crippen LogP contribution in [0.15, 0.2) is 24.3 Å². The number of rotatable bonds is 4. The molecule has 1 heterocycles. The first kappa shape index (κ1) is 17.4. The molecule has 0 aromatic heterocycles. The molecule has 126 valence electrons. The molecule has 6 nitrogen and oxygen atoms in total. The summed E-state index contributed by atoms with van der Waals surface area (Å²) in [6.07, 6.45) is 1.18. The normalized spacial score (nSPS) is 15.1. The van der Waals surface area contributed by atoms with Crippen LogP contribution in [0.4, 0.5) is 9.59 Å². The van der Waals surface area contributed by atoms with Gasteiger partial charge in [0.25, 0.3) is 0 Å². The van der Waals surface area contributed by atoms with Crippen LogP contribution in [0.1, 0.15) is 25.3 Å². The second-order valence-electron chi connectivity index (χ2n) is 5.41. The molecule has 1 aromatic rings. The summed E-state index contributed by atoms with van der Waals surface area (Å²) in [4.78, 5) is 25.2. The highest BCUT2D eigenvalue weighted by atomic mass is 35.5. The van der Waals surface area contributed by atoms with Crippen LogP contribution in [-0.2, 0) is 11.3 Å². The van der Waals surface area contributed by atoms with Crippen LogP contribution in [0.3, 0.4) is 0 Å². The van der Waals surface area contributed by atoms with Gasteiger partial charge in [-0.25, -0.2) is 9.59 Å². The van der Waals surface area contributed by atoms with E-state index in [2.05, 4.69) is 10.6 Å². The summed E-state index contributed by atoms with van der Waals surface area (Å²) in [5.41, 5.74) is 0.988. The van der Waals surface area contributed by atoms with Crippen LogP contribution >= 0.6 is 11.6 Å². The third-order valence-electron chi connectivity index (χ3n) is 3.72. The summed E-state index contributed by atoms with van der Waals surface area (Å²) in [5, 5.41) is 6.43. The lowest BCUT2D eigenvalue weighted by atomic mass is 10.1. The predicted molar refractivity (Wildman–Crippen MR) is 88.4 cm³/mol. The summed E-state index contributed by atoms with van der Waals surface area (Å²) in [5.74, 6) is 0. The largest absolute Gasteiger partial charge is 0.450 e. The summed E-state index contributed by atoms with van der Waals surface area (Å²) in [6.45, 7) is 3.81. The molecule has 23 heavy (non-hydrogen) atoms. The second-order valence-corrected chi connectivity index (χ2v) is 5.85. The van der Waals surface area contributed by atoms with Crippen LogP contribution in [0.5, 0.6) is 0 Å². The number of urea groups is 1. The minimum atomic E-state index is -0.280. The van der Waals surface area contributed by atoms with Crippen LogP contribution in [0.25, 0.3) is 0 Å². The van der Waals surface area contributed by atoms with Gasteiger partial charge < -0.3 is 20.3 Å². The van der Waals surface area contributed by atoms with Gasteiger partial charge in [0.15, 0.2) is 0 Å². The fraction of sp³-hybridized carbons (Fsp3) is 0.500. The van der Waals surface area contributed by atoms with Gasteiger partial charge in [0.1, 0.15) is 0 Å². The number of benzene rings is 1. The molecule has 3 amide bonds. The molecule has 0 aliphatic carbocycles. The van der Waals surface area contributed by atoms with E-state index in [9.17, 15) is 9.59 Å². The van der Waals surface area contributed by atoms with Crippen LogP contribution < -0.4 is 10.6 Å². The minimum Gasteiger partial charge on any atom is -0.450 e. The van der Waals surface area contributed by atoms with Crippen molar-refractivity contribution < 1.29 is 14.3 Å². The molecular weight excluding hydrogens is 318 g/mol. The van der Waals surface area contributed by atoms with E-state index in [1.807, 2.05) is 12.1 Å². The third-order valence-corrected chi connectivity index (χ3v) is 3.97. The van der Waals surface area contributed by atoms with Gasteiger partial charge in [0.2, 0.25) is 0 Å². The highest BCUT2D eigenvalue weighted by molar-refractivity contribution is 6.30. The van der Waals surface area contributed by atoms with Gasteiger partial charge in [0, 0.05) is 30.7 Å². The quantitative estimate of drug-likeness (QED) is 0.886. The molecule has 1 saturated heterocycles. The molecule has 1 aromatic carbocycles. The topological polar surface area (TPSA) is 70.7 Å². The van der Waals surface area contributed by atoms with E-state index in [1.165, 1.54) is 0 Å². The van der Waals surface area contributed by atoms with E-state index in [4.69, 9.17) is 16.3 Å². The van der Waals surface area contributed by atoms with Gasteiger partial charge in [-0.15, -0.1) is 0 Å². The van der Waals surface area contributed by atoms with E-state index in [0.29, 0.717) is 31.3 Å². The predicted octanol–water partition coefficient (Wildman–Crippen LogP) is 2.76. The number of amides is 3. The molecule has 0 bridgehead atoms. The number of hydrogen-bond donors (Lipinski definition) is 2. The van der Waals surface area contributed by atoms with Crippen molar-refractivity contribution in [1.82, 2.24) is 15.5 Å². The summed E-state index contributed by atoms with van der Waals surface area (Å²) in [7, 11) is 0. The molecule has 0 unspecified atom stereocenters.